The number of halogens is 1. The summed E-state index contributed by atoms with van der Waals surface area (Å²) in [5, 5.41) is 3.84. The molecule has 1 atom stereocenters. The summed E-state index contributed by atoms with van der Waals surface area (Å²) in [6, 6.07) is 6.07. The first-order valence-electron chi connectivity index (χ1n) is 5.18. The molecule has 5 heteroatoms. The zero-order chi connectivity index (χ0) is 12.4. The maximum absolute atomic E-state index is 13.5. The second-order valence-corrected chi connectivity index (χ2v) is 3.75. The third-order valence-corrected chi connectivity index (χ3v) is 2.42. The molecule has 1 aromatic carbocycles. The molecule has 2 aromatic rings. The van der Waals surface area contributed by atoms with Gasteiger partial charge in [-0.25, -0.2) is 4.39 Å². The number of ether oxygens (including phenoxy) is 1. The van der Waals surface area contributed by atoms with E-state index in [1.807, 2.05) is 0 Å². The van der Waals surface area contributed by atoms with Crippen LogP contribution in [0.5, 0.6) is 5.75 Å². The summed E-state index contributed by atoms with van der Waals surface area (Å²) in [6.07, 6.45) is 0. The van der Waals surface area contributed by atoms with Gasteiger partial charge in [0.1, 0.15) is 5.69 Å². The fourth-order valence-corrected chi connectivity index (χ4v) is 1.47. The van der Waals surface area contributed by atoms with Crippen LogP contribution in [0, 0.1) is 5.82 Å². The van der Waals surface area contributed by atoms with Crippen LogP contribution >= 0.6 is 0 Å². The summed E-state index contributed by atoms with van der Waals surface area (Å²) in [5.74, 6) is 0.330. The molecular formula is C12H13FN2O2. The summed E-state index contributed by atoms with van der Waals surface area (Å²) in [5.41, 5.74) is 6.83. The first-order chi connectivity index (χ1) is 8.11. The first kappa shape index (κ1) is 11.6. The van der Waals surface area contributed by atoms with Gasteiger partial charge in [-0.3, -0.25) is 0 Å². The van der Waals surface area contributed by atoms with E-state index in [9.17, 15) is 4.39 Å². The molecule has 0 bridgehead atoms. The number of rotatable bonds is 3. The fourth-order valence-electron chi connectivity index (χ4n) is 1.47. The number of nitrogens with two attached hydrogens (primary N) is 1. The topological polar surface area (TPSA) is 61.3 Å². The predicted molar refractivity (Wildman–Crippen MR) is 61.1 cm³/mol. The van der Waals surface area contributed by atoms with Gasteiger partial charge < -0.3 is 15.0 Å². The van der Waals surface area contributed by atoms with Gasteiger partial charge in [0.05, 0.1) is 13.2 Å². The molecule has 0 radical (unpaired) electrons. The van der Waals surface area contributed by atoms with Crippen molar-refractivity contribution in [2.24, 2.45) is 5.73 Å². The smallest absolute Gasteiger partial charge is 0.165 e. The molecule has 1 heterocycles. The van der Waals surface area contributed by atoms with E-state index < -0.39 is 5.82 Å². The van der Waals surface area contributed by atoms with Crippen molar-refractivity contribution < 1.29 is 13.7 Å². The highest BCUT2D eigenvalue weighted by Gasteiger charge is 2.11. The van der Waals surface area contributed by atoms with Crippen molar-refractivity contribution in [3.05, 3.63) is 35.8 Å². The highest BCUT2D eigenvalue weighted by molar-refractivity contribution is 5.60. The Morgan fingerprint density at radius 2 is 2.18 bits per heavy atom. The van der Waals surface area contributed by atoms with Crippen LogP contribution in [0.1, 0.15) is 18.7 Å². The molecule has 2 N–H and O–H groups in total. The number of methoxy groups -OCH3 is 1. The first-order valence-corrected chi connectivity index (χ1v) is 5.18. The van der Waals surface area contributed by atoms with Crippen LogP contribution < -0.4 is 10.5 Å². The van der Waals surface area contributed by atoms with Crippen molar-refractivity contribution in [1.29, 1.82) is 0 Å². The van der Waals surface area contributed by atoms with Gasteiger partial charge in [0.2, 0.25) is 0 Å². The molecule has 0 aliphatic carbocycles. The second-order valence-electron chi connectivity index (χ2n) is 3.75. The zero-order valence-corrected chi connectivity index (χ0v) is 9.61. The summed E-state index contributed by atoms with van der Waals surface area (Å²) in [4.78, 5) is 0. The van der Waals surface area contributed by atoms with Crippen LogP contribution in [0.2, 0.25) is 0 Å². The Balaban J connectivity index is 2.36. The SMILES string of the molecule is COc1ccc(-c2cc(C(C)N)on2)cc1F. The highest BCUT2D eigenvalue weighted by atomic mass is 19.1. The van der Waals surface area contributed by atoms with Crippen LogP contribution in [0.3, 0.4) is 0 Å². The lowest BCUT2D eigenvalue weighted by Gasteiger charge is -2.02. The van der Waals surface area contributed by atoms with Crippen molar-refractivity contribution in [1.82, 2.24) is 5.16 Å². The zero-order valence-electron chi connectivity index (χ0n) is 9.61. The van der Waals surface area contributed by atoms with Crippen molar-refractivity contribution in [3.63, 3.8) is 0 Å². The summed E-state index contributed by atoms with van der Waals surface area (Å²) in [6.45, 7) is 1.79. The van der Waals surface area contributed by atoms with Crippen LogP contribution in [-0.2, 0) is 0 Å². The van der Waals surface area contributed by atoms with E-state index in [1.165, 1.54) is 13.2 Å². The van der Waals surface area contributed by atoms with Crippen LogP contribution in [0.15, 0.2) is 28.8 Å². The Hall–Kier alpha value is -1.88. The number of hydrogen-bond donors (Lipinski definition) is 1. The van der Waals surface area contributed by atoms with Crippen molar-refractivity contribution in [2.75, 3.05) is 7.11 Å². The van der Waals surface area contributed by atoms with Crippen molar-refractivity contribution in [3.8, 4) is 17.0 Å². The van der Waals surface area contributed by atoms with Gasteiger partial charge in [-0.1, -0.05) is 5.16 Å². The Kier molecular flexibility index (Phi) is 3.10. The molecule has 0 amide bonds. The molecule has 17 heavy (non-hydrogen) atoms. The largest absolute Gasteiger partial charge is 0.494 e. The van der Waals surface area contributed by atoms with E-state index in [2.05, 4.69) is 5.16 Å². The number of aromatic nitrogens is 1. The lowest BCUT2D eigenvalue weighted by Crippen LogP contribution is -2.02. The van der Waals surface area contributed by atoms with Gasteiger partial charge in [-0.15, -0.1) is 0 Å². The Morgan fingerprint density at radius 1 is 1.41 bits per heavy atom. The Bertz CT molecular complexity index is 523. The lowest BCUT2D eigenvalue weighted by atomic mass is 10.1. The number of hydrogen-bond acceptors (Lipinski definition) is 4. The van der Waals surface area contributed by atoms with Gasteiger partial charge in [0.15, 0.2) is 17.3 Å². The Labute approximate surface area is 98.2 Å². The minimum Gasteiger partial charge on any atom is -0.494 e. The van der Waals surface area contributed by atoms with E-state index in [0.717, 1.165) is 0 Å². The second kappa shape index (κ2) is 4.55. The van der Waals surface area contributed by atoms with E-state index in [4.69, 9.17) is 15.0 Å². The van der Waals surface area contributed by atoms with E-state index in [-0.39, 0.29) is 11.8 Å². The molecule has 1 aromatic heterocycles. The van der Waals surface area contributed by atoms with Crippen LogP contribution in [0.4, 0.5) is 4.39 Å². The molecule has 0 saturated carbocycles. The van der Waals surface area contributed by atoms with Gasteiger partial charge in [-0.05, 0) is 25.1 Å². The van der Waals surface area contributed by atoms with Gasteiger partial charge in [0.25, 0.3) is 0 Å². The third kappa shape index (κ3) is 2.29. The Morgan fingerprint density at radius 3 is 2.71 bits per heavy atom. The standard InChI is InChI=1S/C12H13FN2O2/c1-7(14)12-6-10(15-17-12)8-3-4-11(16-2)9(13)5-8/h3-7H,14H2,1-2H3. The molecular weight excluding hydrogens is 223 g/mol. The van der Waals surface area contributed by atoms with Crippen molar-refractivity contribution >= 4 is 0 Å². The average molecular weight is 236 g/mol. The molecule has 1 unspecified atom stereocenters. The molecule has 2 rings (SSSR count). The summed E-state index contributed by atoms with van der Waals surface area (Å²) < 4.78 is 23.4. The van der Waals surface area contributed by atoms with Crippen molar-refractivity contribution in [2.45, 2.75) is 13.0 Å². The quantitative estimate of drug-likeness (QED) is 0.889. The van der Waals surface area contributed by atoms with E-state index >= 15 is 0 Å². The molecule has 0 fully saturated rings. The molecule has 0 aliphatic rings. The fraction of sp³-hybridized carbons (Fsp3) is 0.250. The van der Waals surface area contributed by atoms with Gasteiger partial charge in [-0.2, -0.15) is 0 Å². The van der Waals surface area contributed by atoms with E-state index in [0.29, 0.717) is 17.0 Å². The average Bonchev–Trinajstić information content (AvgIpc) is 2.78. The summed E-state index contributed by atoms with van der Waals surface area (Å²) >= 11 is 0. The third-order valence-electron chi connectivity index (χ3n) is 2.42. The molecule has 0 spiro atoms. The van der Waals surface area contributed by atoms with Crippen LogP contribution in [-0.4, -0.2) is 12.3 Å². The lowest BCUT2D eigenvalue weighted by molar-refractivity contribution is 0.369. The minimum absolute atomic E-state index is 0.199. The van der Waals surface area contributed by atoms with E-state index in [1.54, 1.807) is 25.1 Å². The number of nitrogens with zero attached hydrogens (tertiary/aromatic N) is 1. The maximum Gasteiger partial charge on any atom is 0.165 e. The molecule has 4 nitrogen and oxygen atoms in total. The molecule has 0 saturated heterocycles. The summed E-state index contributed by atoms with van der Waals surface area (Å²) in [7, 11) is 1.42. The maximum atomic E-state index is 13.5. The minimum atomic E-state index is -0.435. The normalized spacial score (nSPS) is 12.5. The monoisotopic (exact) mass is 236 g/mol. The predicted octanol–water partition coefficient (Wildman–Crippen LogP) is 2.51. The number of benzene rings is 1. The molecule has 0 aliphatic heterocycles. The van der Waals surface area contributed by atoms with Gasteiger partial charge >= 0.3 is 0 Å². The van der Waals surface area contributed by atoms with Gasteiger partial charge in [0, 0.05) is 11.6 Å². The van der Waals surface area contributed by atoms with Crippen LogP contribution in [0.25, 0.3) is 11.3 Å². The molecule has 90 valence electrons. The highest BCUT2D eigenvalue weighted by Crippen LogP contribution is 2.26.